The number of carbonyl (C=O) groups is 2. The zero-order valence-electron chi connectivity index (χ0n) is 12.7. The lowest BCUT2D eigenvalue weighted by molar-refractivity contribution is -0.150. The smallest absolute Gasteiger partial charge is 0.415 e. The van der Waals surface area contributed by atoms with Gasteiger partial charge < -0.3 is 9.47 Å². The highest BCUT2D eigenvalue weighted by atomic mass is 32.1. The van der Waals surface area contributed by atoms with Crippen LogP contribution in [-0.4, -0.2) is 18.4 Å². The second-order valence-corrected chi connectivity index (χ2v) is 6.02. The first-order valence-electron chi connectivity index (χ1n) is 7.05. The molecule has 1 N–H and O–H groups in total. The normalized spacial score (nSPS) is 16.7. The second kappa shape index (κ2) is 6.26. The topological polar surface area (TPSA) is 64.6 Å². The van der Waals surface area contributed by atoms with Crippen molar-refractivity contribution in [1.82, 2.24) is 0 Å². The van der Waals surface area contributed by atoms with Crippen molar-refractivity contribution in [2.24, 2.45) is 0 Å². The van der Waals surface area contributed by atoms with Crippen LogP contribution in [0, 0.1) is 6.92 Å². The first-order chi connectivity index (χ1) is 11.0. The van der Waals surface area contributed by atoms with Gasteiger partial charge in [0.1, 0.15) is 5.00 Å². The number of esters is 1. The van der Waals surface area contributed by atoms with E-state index in [1.165, 1.54) is 17.4 Å². The molecule has 0 aliphatic carbocycles. The lowest BCUT2D eigenvalue weighted by atomic mass is 10.0. The highest BCUT2D eigenvalue weighted by Crippen LogP contribution is 2.37. The predicted octanol–water partition coefficient (Wildman–Crippen LogP) is 4.10. The SMILES string of the molecule is CC1=CC(OC(=O)Nc2scc(C)c2-c2ccccc2)OC1=O. The summed E-state index contributed by atoms with van der Waals surface area (Å²) >= 11 is 1.42. The van der Waals surface area contributed by atoms with Crippen LogP contribution >= 0.6 is 11.3 Å². The van der Waals surface area contributed by atoms with Gasteiger partial charge in [0.05, 0.1) is 0 Å². The number of hydrogen-bond acceptors (Lipinski definition) is 5. The van der Waals surface area contributed by atoms with Crippen molar-refractivity contribution in [1.29, 1.82) is 0 Å². The molecule has 1 aliphatic rings. The predicted molar refractivity (Wildman–Crippen MR) is 88.2 cm³/mol. The molecule has 1 atom stereocenters. The standard InChI is InChI=1S/C17H15NO4S/c1-10-8-13(21-16(10)19)22-17(20)18-15-14(11(2)9-23-15)12-6-4-3-5-7-12/h3-9,13H,1-2H3,(H,18,20). The number of benzene rings is 1. The molecule has 118 valence electrons. The Morgan fingerprint density at radius 2 is 2.00 bits per heavy atom. The van der Waals surface area contributed by atoms with E-state index in [-0.39, 0.29) is 0 Å². The van der Waals surface area contributed by atoms with E-state index in [1.54, 1.807) is 6.92 Å². The fraction of sp³-hybridized carbons (Fsp3) is 0.176. The maximum absolute atomic E-state index is 12.0. The van der Waals surface area contributed by atoms with Gasteiger partial charge in [-0.1, -0.05) is 30.3 Å². The summed E-state index contributed by atoms with van der Waals surface area (Å²) in [6.07, 6.45) is -0.156. The fourth-order valence-electron chi connectivity index (χ4n) is 2.29. The first-order valence-corrected chi connectivity index (χ1v) is 7.93. The molecule has 1 amide bonds. The summed E-state index contributed by atoms with van der Waals surface area (Å²) in [4.78, 5) is 23.3. The molecule has 23 heavy (non-hydrogen) atoms. The van der Waals surface area contributed by atoms with Gasteiger partial charge in [-0.15, -0.1) is 11.3 Å². The summed E-state index contributed by atoms with van der Waals surface area (Å²) < 4.78 is 9.98. The van der Waals surface area contributed by atoms with Crippen LogP contribution in [0.4, 0.5) is 9.80 Å². The van der Waals surface area contributed by atoms with Crippen LogP contribution in [0.25, 0.3) is 11.1 Å². The molecule has 1 unspecified atom stereocenters. The van der Waals surface area contributed by atoms with Gasteiger partial charge >= 0.3 is 12.1 Å². The minimum absolute atomic E-state index is 0.430. The largest absolute Gasteiger partial charge is 0.418 e. The molecule has 0 bridgehead atoms. The summed E-state index contributed by atoms with van der Waals surface area (Å²) in [5.41, 5.74) is 3.48. The third-order valence-corrected chi connectivity index (χ3v) is 4.42. The van der Waals surface area contributed by atoms with Crippen LogP contribution in [0.1, 0.15) is 12.5 Å². The lowest BCUT2D eigenvalue weighted by Crippen LogP contribution is -2.22. The average Bonchev–Trinajstić information content (AvgIpc) is 3.03. The number of cyclic esters (lactones) is 1. The molecule has 1 aromatic heterocycles. The van der Waals surface area contributed by atoms with Crippen molar-refractivity contribution >= 4 is 28.4 Å². The van der Waals surface area contributed by atoms with E-state index < -0.39 is 18.4 Å². The number of ether oxygens (including phenoxy) is 2. The van der Waals surface area contributed by atoms with Crippen molar-refractivity contribution in [2.45, 2.75) is 20.1 Å². The van der Waals surface area contributed by atoms with E-state index in [1.807, 2.05) is 42.6 Å². The van der Waals surface area contributed by atoms with Crippen LogP contribution in [0.5, 0.6) is 0 Å². The maximum atomic E-state index is 12.0. The summed E-state index contributed by atoms with van der Waals surface area (Å²) in [5, 5.41) is 5.39. The Hall–Kier alpha value is -2.60. The van der Waals surface area contributed by atoms with E-state index in [0.717, 1.165) is 16.7 Å². The zero-order valence-corrected chi connectivity index (χ0v) is 13.5. The van der Waals surface area contributed by atoms with E-state index in [0.29, 0.717) is 10.6 Å². The van der Waals surface area contributed by atoms with Crippen LogP contribution in [-0.2, 0) is 14.3 Å². The number of hydrogen-bond donors (Lipinski definition) is 1. The summed E-state index contributed by atoms with van der Waals surface area (Å²) in [7, 11) is 0. The number of anilines is 1. The molecule has 1 aliphatic heterocycles. The Bertz CT molecular complexity index is 779. The van der Waals surface area contributed by atoms with Gasteiger partial charge in [-0.25, -0.2) is 9.59 Å². The minimum Gasteiger partial charge on any atom is -0.418 e. The van der Waals surface area contributed by atoms with Crippen molar-refractivity contribution in [3.8, 4) is 11.1 Å². The molecular weight excluding hydrogens is 314 g/mol. The first kappa shape index (κ1) is 15.3. The monoisotopic (exact) mass is 329 g/mol. The second-order valence-electron chi connectivity index (χ2n) is 5.14. The lowest BCUT2D eigenvalue weighted by Gasteiger charge is -2.11. The van der Waals surface area contributed by atoms with Gasteiger partial charge in [0.25, 0.3) is 6.29 Å². The Kier molecular flexibility index (Phi) is 4.16. The van der Waals surface area contributed by atoms with Crippen molar-refractivity contribution in [2.75, 3.05) is 5.32 Å². The summed E-state index contributed by atoms with van der Waals surface area (Å²) in [6, 6.07) is 9.79. The fourth-order valence-corrected chi connectivity index (χ4v) is 3.24. The maximum Gasteiger partial charge on any atom is 0.415 e. The Morgan fingerprint density at radius 3 is 2.65 bits per heavy atom. The highest BCUT2D eigenvalue weighted by Gasteiger charge is 2.26. The summed E-state index contributed by atoms with van der Waals surface area (Å²) in [5.74, 6) is -0.472. The number of nitrogens with one attached hydrogen (secondary N) is 1. The van der Waals surface area contributed by atoms with Crippen LogP contribution in [0.15, 0.2) is 47.4 Å². The minimum atomic E-state index is -0.969. The number of rotatable bonds is 3. The molecule has 0 spiro atoms. The molecule has 2 heterocycles. The van der Waals surface area contributed by atoms with Crippen molar-refractivity contribution in [3.05, 3.63) is 52.9 Å². The van der Waals surface area contributed by atoms with Crippen LogP contribution < -0.4 is 5.32 Å². The van der Waals surface area contributed by atoms with Gasteiger partial charge in [0.2, 0.25) is 0 Å². The molecule has 0 fully saturated rings. The number of carbonyl (C=O) groups excluding carboxylic acids is 2. The quantitative estimate of drug-likeness (QED) is 0.861. The third-order valence-electron chi connectivity index (χ3n) is 3.41. The Labute approximate surface area is 137 Å². The van der Waals surface area contributed by atoms with E-state index in [2.05, 4.69) is 5.32 Å². The Morgan fingerprint density at radius 1 is 1.26 bits per heavy atom. The molecule has 0 radical (unpaired) electrons. The molecule has 1 aromatic carbocycles. The van der Waals surface area contributed by atoms with Gasteiger partial charge in [-0.2, -0.15) is 0 Å². The molecular formula is C17H15NO4S. The van der Waals surface area contributed by atoms with Gasteiger partial charge in [0.15, 0.2) is 0 Å². The molecule has 3 rings (SSSR count). The third kappa shape index (κ3) is 3.27. The van der Waals surface area contributed by atoms with Crippen molar-refractivity contribution in [3.63, 3.8) is 0 Å². The van der Waals surface area contributed by atoms with Crippen LogP contribution in [0.2, 0.25) is 0 Å². The van der Waals surface area contributed by atoms with Gasteiger partial charge in [-0.3, -0.25) is 5.32 Å². The molecule has 6 heteroatoms. The molecule has 0 saturated heterocycles. The zero-order chi connectivity index (χ0) is 16.4. The van der Waals surface area contributed by atoms with E-state index in [9.17, 15) is 9.59 Å². The van der Waals surface area contributed by atoms with Crippen LogP contribution in [0.3, 0.4) is 0 Å². The number of aryl methyl sites for hydroxylation is 1. The van der Waals surface area contributed by atoms with Crippen molar-refractivity contribution < 1.29 is 19.1 Å². The molecule has 0 saturated carbocycles. The number of thiophene rings is 1. The highest BCUT2D eigenvalue weighted by molar-refractivity contribution is 7.15. The molecule has 5 nitrogen and oxygen atoms in total. The van der Waals surface area contributed by atoms with Gasteiger partial charge in [0, 0.05) is 17.2 Å². The van der Waals surface area contributed by atoms with E-state index >= 15 is 0 Å². The number of amides is 1. The molecule has 2 aromatic rings. The van der Waals surface area contributed by atoms with Gasteiger partial charge in [-0.05, 0) is 30.4 Å². The average molecular weight is 329 g/mol. The van der Waals surface area contributed by atoms with E-state index in [4.69, 9.17) is 9.47 Å². The Balaban J connectivity index is 1.74. The summed E-state index contributed by atoms with van der Waals surface area (Å²) in [6.45, 7) is 3.60.